The molecule has 0 unspecified atom stereocenters. The molecule has 0 spiro atoms. The molecule has 2 N–H and O–H groups in total. The highest BCUT2D eigenvalue weighted by Crippen LogP contribution is 2.15. The summed E-state index contributed by atoms with van der Waals surface area (Å²) in [7, 11) is 1.58. The Morgan fingerprint density at radius 3 is 2.65 bits per heavy atom. The van der Waals surface area contributed by atoms with Gasteiger partial charge in [-0.15, -0.1) is 0 Å². The molecule has 0 fully saturated rings. The van der Waals surface area contributed by atoms with Crippen molar-refractivity contribution in [3.8, 4) is 0 Å². The van der Waals surface area contributed by atoms with Crippen LogP contribution in [0.25, 0.3) is 0 Å². The monoisotopic (exact) mass is 281 g/mol. The molecule has 20 heavy (non-hydrogen) atoms. The van der Waals surface area contributed by atoms with Crippen LogP contribution in [0.15, 0.2) is 24.3 Å². The molecule has 0 aromatic heterocycles. The van der Waals surface area contributed by atoms with E-state index in [0.717, 1.165) is 0 Å². The van der Waals surface area contributed by atoms with Crippen molar-refractivity contribution in [2.45, 2.75) is 12.8 Å². The summed E-state index contributed by atoms with van der Waals surface area (Å²) in [4.78, 5) is 22.4. The number of aliphatic carboxylic acids is 1. The predicted molar refractivity (Wildman–Crippen MR) is 73.7 cm³/mol. The van der Waals surface area contributed by atoms with Crippen LogP contribution in [0.5, 0.6) is 0 Å². The summed E-state index contributed by atoms with van der Waals surface area (Å²) in [6.45, 7) is 1.23. The minimum Gasteiger partial charge on any atom is -0.481 e. The molecule has 0 aliphatic heterocycles. The predicted octanol–water partition coefficient (Wildman–Crippen LogP) is 1.31. The van der Waals surface area contributed by atoms with Gasteiger partial charge >= 0.3 is 5.97 Å². The molecule has 1 aromatic rings. The fraction of sp³-hybridized carbons (Fsp3) is 0.429. The lowest BCUT2D eigenvalue weighted by Crippen LogP contribution is -2.16. The van der Waals surface area contributed by atoms with E-state index < -0.39 is 5.97 Å². The lowest BCUT2D eigenvalue weighted by Gasteiger charge is -2.09. The van der Waals surface area contributed by atoms with E-state index in [2.05, 4.69) is 5.32 Å². The Kier molecular flexibility index (Phi) is 7.31. The first-order valence-corrected chi connectivity index (χ1v) is 6.29. The number of hydrogen-bond acceptors (Lipinski definition) is 4. The van der Waals surface area contributed by atoms with Crippen molar-refractivity contribution in [2.75, 3.05) is 32.2 Å². The van der Waals surface area contributed by atoms with E-state index in [-0.39, 0.29) is 18.7 Å². The summed E-state index contributed by atoms with van der Waals surface area (Å²) >= 11 is 0. The molecule has 0 saturated heterocycles. The summed E-state index contributed by atoms with van der Waals surface area (Å²) < 4.78 is 10.0. The standard InChI is InChI=1S/C14H19NO5/c1-19-8-9-20-7-6-13(16)15-12-5-3-2-4-11(12)10-14(17)18/h2-5H,6-10H2,1H3,(H,15,16)(H,17,18). The minimum atomic E-state index is -0.936. The summed E-state index contributed by atoms with van der Waals surface area (Å²) in [6, 6.07) is 6.85. The molecule has 1 rings (SSSR count). The zero-order valence-electron chi connectivity index (χ0n) is 11.4. The van der Waals surface area contributed by atoms with Crippen molar-refractivity contribution >= 4 is 17.6 Å². The van der Waals surface area contributed by atoms with Crippen LogP contribution in [0.2, 0.25) is 0 Å². The number of carboxylic acids is 1. The van der Waals surface area contributed by atoms with Crippen LogP contribution >= 0.6 is 0 Å². The van der Waals surface area contributed by atoms with Crippen LogP contribution in [0.1, 0.15) is 12.0 Å². The van der Waals surface area contributed by atoms with Crippen LogP contribution in [-0.4, -0.2) is 43.9 Å². The maximum Gasteiger partial charge on any atom is 0.307 e. The average molecular weight is 281 g/mol. The number of anilines is 1. The SMILES string of the molecule is COCCOCCC(=O)Nc1ccccc1CC(=O)O. The second kappa shape index (κ2) is 9.06. The molecule has 6 heteroatoms. The number of carbonyl (C=O) groups is 2. The molecule has 0 atom stereocenters. The summed E-state index contributed by atoms with van der Waals surface area (Å²) in [6.07, 6.45) is 0.0892. The second-order valence-electron chi connectivity index (χ2n) is 4.13. The lowest BCUT2D eigenvalue weighted by molar-refractivity contribution is -0.136. The number of para-hydroxylation sites is 1. The number of amides is 1. The van der Waals surface area contributed by atoms with Gasteiger partial charge in [0.15, 0.2) is 0 Å². The van der Waals surface area contributed by atoms with Gasteiger partial charge < -0.3 is 19.9 Å². The van der Waals surface area contributed by atoms with Crippen molar-refractivity contribution in [1.29, 1.82) is 0 Å². The number of methoxy groups -OCH3 is 1. The fourth-order valence-electron chi connectivity index (χ4n) is 1.58. The molecule has 0 bridgehead atoms. The highest BCUT2D eigenvalue weighted by atomic mass is 16.5. The maximum absolute atomic E-state index is 11.7. The highest BCUT2D eigenvalue weighted by molar-refractivity contribution is 5.92. The third kappa shape index (κ3) is 6.31. The van der Waals surface area contributed by atoms with Gasteiger partial charge in [0, 0.05) is 12.8 Å². The first-order chi connectivity index (χ1) is 9.63. The van der Waals surface area contributed by atoms with Crippen LogP contribution in [0.3, 0.4) is 0 Å². The number of ether oxygens (including phenoxy) is 2. The van der Waals surface area contributed by atoms with Gasteiger partial charge in [-0.25, -0.2) is 0 Å². The third-order valence-electron chi connectivity index (χ3n) is 2.54. The Balaban J connectivity index is 2.43. The Bertz CT molecular complexity index is 447. The van der Waals surface area contributed by atoms with Crippen LogP contribution in [-0.2, 0) is 25.5 Å². The van der Waals surface area contributed by atoms with E-state index in [1.165, 1.54) is 0 Å². The number of hydrogen-bond donors (Lipinski definition) is 2. The van der Waals surface area contributed by atoms with Gasteiger partial charge in [0.1, 0.15) is 0 Å². The largest absolute Gasteiger partial charge is 0.481 e. The number of nitrogens with one attached hydrogen (secondary N) is 1. The topological polar surface area (TPSA) is 84.9 Å². The van der Waals surface area contributed by atoms with Crippen molar-refractivity contribution in [2.24, 2.45) is 0 Å². The van der Waals surface area contributed by atoms with Gasteiger partial charge in [-0.05, 0) is 11.6 Å². The first-order valence-electron chi connectivity index (χ1n) is 6.29. The summed E-state index contributed by atoms with van der Waals surface area (Å²) in [5.41, 5.74) is 1.10. The van der Waals surface area contributed by atoms with Gasteiger partial charge in [0.2, 0.25) is 5.91 Å². The van der Waals surface area contributed by atoms with E-state index in [4.69, 9.17) is 14.6 Å². The van der Waals surface area contributed by atoms with E-state index >= 15 is 0 Å². The van der Waals surface area contributed by atoms with Crippen molar-refractivity contribution in [3.05, 3.63) is 29.8 Å². The summed E-state index contributed by atoms with van der Waals surface area (Å²) in [5, 5.41) is 11.5. The molecule has 110 valence electrons. The maximum atomic E-state index is 11.7. The molecule has 0 heterocycles. The Morgan fingerprint density at radius 2 is 1.95 bits per heavy atom. The Morgan fingerprint density at radius 1 is 1.20 bits per heavy atom. The molecule has 1 aromatic carbocycles. The van der Waals surface area contributed by atoms with E-state index in [9.17, 15) is 9.59 Å². The van der Waals surface area contributed by atoms with Gasteiger partial charge in [-0.3, -0.25) is 9.59 Å². The molecular weight excluding hydrogens is 262 g/mol. The number of benzene rings is 1. The quantitative estimate of drug-likeness (QED) is 0.667. The van der Waals surface area contributed by atoms with Gasteiger partial charge in [0.05, 0.1) is 32.7 Å². The minimum absolute atomic E-state index is 0.124. The normalized spacial score (nSPS) is 10.2. The molecule has 1 amide bonds. The van der Waals surface area contributed by atoms with Crippen molar-refractivity contribution in [1.82, 2.24) is 0 Å². The van der Waals surface area contributed by atoms with Crippen molar-refractivity contribution in [3.63, 3.8) is 0 Å². The lowest BCUT2D eigenvalue weighted by atomic mass is 10.1. The zero-order valence-corrected chi connectivity index (χ0v) is 11.4. The van der Waals surface area contributed by atoms with Gasteiger partial charge in [-0.1, -0.05) is 18.2 Å². The zero-order chi connectivity index (χ0) is 14.8. The molecule has 0 saturated carbocycles. The smallest absolute Gasteiger partial charge is 0.307 e. The van der Waals surface area contributed by atoms with Gasteiger partial charge in [0.25, 0.3) is 0 Å². The second-order valence-corrected chi connectivity index (χ2v) is 4.13. The number of rotatable bonds is 9. The number of carboxylic acid groups (broad SMARTS) is 1. The molecule has 0 aliphatic rings. The number of carbonyl (C=O) groups excluding carboxylic acids is 1. The fourth-order valence-corrected chi connectivity index (χ4v) is 1.58. The molecule has 0 aliphatic carbocycles. The highest BCUT2D eigenvalue weighted by Gasteiger charge is 2.09. The van der Waals surface area contributed by atoms with E-state index in [0.29, 0.717) is 31.1 Å². The third-order valence-corrected chi connectivity index (χ3v) is 2.54. The van der Waals surface area contributed by atoms with Crippen molar-refractivity contribution < 1.29 is 24.2 Å². The average Bonchev–Trinajstić information content (AvgIpc) is 2.40. The summed E-state index contributed by atoms with van der Waals surface area (Å²) in [5.74, 6) is -1.14. The van der Waals surface area contributed by atoms with E-state index in [1.54, 1.807) is 31.4 Å². The van der Waals surface area contributed by atoms with Crippen LogP contribution in [0.4, 0.5) is 5.69 Å². The molecule has 0 radical (unpaired) electrons. The van der Waals surface area contributed by atoms with Gasteiger partial charge in [-0.2, -0.15) is 0 Å². The molecular formula is C14H19NO5. The Labute approximate surface area is 117 Å². The van der Waals surface area contributed by atoms with Crippen LogP contribution in [0, 0.1) is 0 Å². The van der Waals surface area contributed by atoms with Crippen LogP contribution < -0.4 is 5.32 Å². The Hall–Kier alpha value is -1.92. The first kappa shape index (κ1) is 16.1. The molecule has 6 nitrogen and oxygen atoms in total. The van der Waals surface area contributed by atoms with E-state index in [1.807, 2.05) is 0 Å².